The van der Waals surface area contributed by atoms with Crippen molar-refractivity contribution in [3.63, 3.8) is 0 Å². The summed E-state index contributed by atoms with van der Waals surface area (Å²) >= 11 is 16.8. The average Bonchev–Trinajstić information content (AvgIpc) is 2.38. The summed E-state index contributed by atoms with van der Waals surface area (Å²) in [6.07, 6.45) is 0.485. The molecule has 0 heterocycles. The van der Waals surface area contributed by atoms with Crippen LogP contribution < -0.4 is 11.1 Å². The van der Waals surface area contributed by atoms with Crippen LogP contribution in [0.2, 0.25) is 10.0 Å². The van der Waals surface area contributed by atoms with Gasteiger partial charge in [-0.1, -0.05) is 49.3 Å². The smallest absolute Gasteiger partial charge is 0.321 e. The number of amides is 2. The van der Waals surface area contributed by atoms with Gasteiger partial charge in [-0.05, 0) is 24.1 Å². The van der Waals surface area contributed by atoms with Gasteiger partial charge in [-0.2, -0.15) is 0 Å². The largest absolute Gasteiger partial charge is 0.393 e. The van der Waals surface area contributed by atoms with Gasteiger partial charge in [0.25, 0.3) is 0 Å². The van der Waals surface area contributed by atoms with Crippen molar-refractivity contribution in [1.29, 1.82) is 0 Å². The van der Waals surface area contributed by atoms with Crippen molar-refractivity contribution in [2.24, 2.45) is 11.7 Å². The normalized spacial score (nSPS) is 10.5. The Morgan fingerprint density at radius 1 is 1.43 bits per heavy atom. The predicted octanol–water partition coefficient (Wildman–Crippen LogP) is 4.16. The molecule has 7 heteroatoms. The Kier molecular flexibility index (Phi) is 7.22. The van der Waals surface area contributed by atoms with E-state index in [-0.39, 0.29) is 6.03 Å². The molecule has 3 N–H and O–H groups in total. The summed E-state index contributed by atoms with van der Waals surface area (Å²) in [6, 6.07) is 4.67. The molecule has 1 aromatic rings. The van der Waals surface area contributed by atoms with Crippen LogP contribution in [0, 0.1) is 5.92 Å². The standard InChI is InChI=1S/C14H19Cl2N3OS/c1-9(2)8-19(6-5-13(17)21)14(20)18-12-7-10(15)3-4-11(12)16/h3-4,7,9H,5-6,8H2,1-2H3,(H2,17,21)(H,18,20). The highest BCUT2D eigenvalue weighted by Gasteiger charge is 2.16. The quantitative estimate of drug-likeness (QED) is 0.759. The van der Waals surface area contributed by atoms with E-state index in [1.54, 1.807) is 23.1 Å². The minimum atomic E-state index is -0.246. The van der Waals surface area contributed by atoms with Crippen molar-refractivity contribution >= 4 is 52.1 Å². The van der Waals surface area contributed by atoms with Crippen LogP contribution in [0.15, 0.2) is 18.2 Å². The average molecular weight is 348 g/mol. The Morgan fingerprint density at radius 3 is 2.67 bits per heavy atom. The third-order valence-electron chi connectivity index (χ3n) is 2.67. The molecule has 0 aromatic heterocycles. The lowest BCUT2D eigenvalue weighted by molar-refractivity contribution is 0.206. The molecule has 0 unspecified atom stereocenters. The fourth-order valence-electron chi connectivity index (χ4n) is 1.75. The van der Waals surface area contributed by atoms with Gasteiger partial charge in [-0.3, -0.25) is 0 Å². The van der Waals surface area contributed by atoms with Gasteiger partial charge < -0.3 is 16.0 Å². The van der Waals surface area contributed by atoms with Gasteiger partial charge in [0.15, 0.2) is 0 Å². The zero-order chi connectivity index (χ0) is 16.0. The van der Waals surface area contributed by atoms with Gasteiger partial charge in [0.2, 0.25) is 0 Å². The van der Waals surface area contributed by atoms with Gasteiger partial charge in [-0.15, -0.1) is 0 Å². The number of thiocarbonyl (C=S) groups is 1. The molecule has 0 aliphatic carbocycles. The van der Waals surface area contributed by atoms with E-state index >= 15 is 0 Å². The molecule has 2 amide bonds. The van der Waals surface area contributed by atoms with E-state index in [9.17, 15) is 4.79 Å². The number of nitrogens with two attached hydrogens (primary N) is 1. The van der Waals surface area contributed by atoms with E-state index in [0.717, 1.165) is 0 Å². The van der Waals surface area contributed by atoms with Crippen LogP contribution in [0.5, 0.6) is 0 Å². The third-order valence-corrected chi connectivity index (χ3v) is 3.44. The molecular formula is C14H19Cl2N3OS. The summed E-state index contributed by atoms with van der Waals surface area (Å²) in [4.78, 5) is 14.4. The van der Waals surface area contributed by atoms with Crippen LogP contribution in [0.25, 0.3) is 0 Å². The molecule has 4 nitrogen and oxygen atoms in total. The Labute approximate surface area is 140 Å². The Bertz CT molecular complexity index is 523. The Hall–Kier alpha value is -1.04. The van der Waals surface area contributed by atoms with Crippen molar-refractivity contribution in [1.82, 2.24) is 4.90 Å². The molecule has 0 aliphatic rings. The third kappa shape index (κ3) is 6.50. The number of hydrogen-bond donors (Lipinski definition) is 2. The van der Waals surface area contributed by atoms with Gasteiger partial charge in [0.1, 0.15) is 0 Å². The Balaban J connectivity index is 2.79. The summed E-state index contributed by atoms with van der Waals surface area (Å²) in [5.41, 5.74) is 5.99. The number of carbonyl (C=O) groups is 1. The summed E-state index contributed by atoms with van der Waals surface area (Å²) in [6.45, 7) is 5.14. The van der Waals surface area contributed by atoms with Gasteiger partial charge in [0.05, 0.1) is 15.7 Å². The first kappa shape index (κ1) is 18.0. The molecule has 1 rings (SSSR count). The molecular weight excluding hydrogens is 329 g/mol. The first-order chi connectivity index (χ1) is 9.79. The molecule has 116 valence electrons. The second kappa shape index (κ2) is 8.41. The van der Waals surface area contributed by atoms with Crippen molar-refractivity contribution in [2.75, 3.05) is 18.4 Å². The minimum Gasteiger partial charge on any atom is -0.393 e. The van der Waals surface area contributed by atoms with Crippen molar-refractivity contribution in [3.8, 4) is 0 Å². The minimum absolute atomic E-state index is 0.246. The van der Waals surface area contributed by atoms with Gasteiger partial charge >= 0.3 is 6.03 Å². The lowest BCUT2D eigenvalue weighted by Gasteiger charge is -2.25. The van der Waals surface area contributed by atoms with Crippen molar-refractivity contribution < 1.29 is 4.79 Å². The van der Waals surface area contributed by atoms with Gasteiger partial charge in [-0.25, -0.2) is 4.79 Å². The van der Waals surface area contributed by atoms with E-state index in [1.165, 1.54) is 0 Å². The van der Waals surface area contributed by atoms with Crippen LogP contribution in [0.1, 0.15) is 20.3 Å². The summed E-state index contributed by atoms with van der Waals surface area (Å²) in [5.74, 6) is 0.330. The molecule has 0 radical (unpaired) electrons. The molecule has 0 bridgehead atoms. The highest BCUT2D eigenvalue weighted by atomic mass is 35.5. The number of hydrogen-bond acceptors (Lipinski definition) is 2. The molecule has 0 aliphatic heterocycles. The number of nitrogens with zero attached hydrogens (tertiary/aromatic N) is 1. The Morgan fingerprint density at radius 2 is 2.10 bits per heavy atom. The van der Waals surface area contributed by atoms with E-state index in [4.69, 9.17) is 41.2 Å². The maximum absolute atomic E-state index is 12.4. The highest BCUT2D eigenvalue weighted by Crippen LogP contribution is 2.25. The van der Waals surface area contributed by atoms with Crippen molar-refractivity contribution in [2.45, 2.75) is 20.3 Å². The highest BCUT2D eigenvalue weighted by molar-refractivity contribution is 7.80. The van der Waals surface area contributed by atoms with E-state index in [2.05, 4.69) is 5.32 Å². The molecule has 1 aromatic carbocycles. The molecule has 0 atom stereocenters. The van der Waals surface area contributed by atoms with Crippen LogP contribution in [-0.2, 0) is 0 Å². The topological polar surface area (TPSA) is 58.4 Å². The number of nitrogens with one attached hydrogen (secondary N) is 1. The van der Waals surface area contributed by atoms with Crippen molar-refractivity contribution in [3.05, 3.63) is 28.2 Å². The fraction of sp³-hybridized carbons (Fsp3) is 0.429. The molecule has 0 spiro atoms. The zero-order valence-electron chi connectivity index (χ0n) is 12.0. The van der Waals surface area contributed by atoms with Crippen LogP contribution in [-0.4, -0.2) is 29.0 Å². The van der Waals surface area contributed by atoms with Crippen LogP contribution >= 0.6 is 35.4 Å². The number of carbonyl (C=O) groups excluding carboxylic acids is 1. The summed E-state index contributed by atoms with van der Waals surface area (Å²) in [5, 5.41) is 3.71. The first-order valence-corrected chi connectivity index (χ1v) is 7.75. The fourth-order valence-corrected chi connectivity index (χ4v) is 2.18. The molecule has 0 saturated heterocycles. The second-order valence-electron chi connectivity index (χ2n) is 5.11. The predicted molar refractivity (Wildman–Crippen MR) is 93.3 cm³/mol. The molecule has 21 heavy (non-hydrogen) atoms. The van der Waals surface area contributed by atoms with Crippen LogP contribution in [0.4, 0.5) is 10.5 Å². The second-order valence-corrected chi connectivity index (χ2v) is 6.48. The van der Waals surface area contributed by atoms with Gasteiger partial charge in [0, 0.05) is 24.5 Å². The SMILES string of the molecule is CC(C)CN(CCC(N)=S)C(=O)Nc1cc(Cl)ccc1Cl. The number of anilines is 1. The first-order valence-electron chi connectivity index (χ1n) is 6.59. The summed E-state index contributed by atoms with van der Waals surface area (Å²) in [7, 11) is 0. The van der Waals surface area contributed by atoms with E-state index in [1.807, 2.05) is 13.8 Å². The molecule has 0 fully saturated rings. The monoisotopic (exact) mass is 347 g/mol. The zero-order valence-corrected chi connectivity index (χ0v) is 14.4. The number of rotatable bonds is 6. The van der Waals surface area contributed by atoms with E-state index in [0.29, 0.717) is 46.1 Å². The summed E-state index contributed by atoms with van der Waals surface area (Å²) < 4.78 is 0. The lowest BCUT2D eigenvalue weighted by atomic mass is 10.2. The number of benzene rings is 1. The maximum atomic E-state index is 12.4. The van der Waals surface area contributed by atoms with E-state index < -0.39 is 0 Å². The van der Waals surface area contributed by atoms with Crippen LogP contribution in [0.3, 0.4) is 0 Å². The number of urea groups is 1. The molecule has 0 saturated carbocycles. The number of halogens is 2. The lowest BCUT2D eigenvalue weighted by Crippen LogP contribution is -2.39. The maximum Gasteiger partial charge on any atom is 0.321 e.